The van der Waals surface area contributed by atoms with Gasteiger partial charge in [0.1, 0.15) is 24.9 Å². The first-order chi connectivity index (χ1) is 16.7. The molecule has 7 N–H and O–H groups in total. The van der Waals surface area contributed by atoms with Crippen LogP contribution in [0.2, 0.25) is 0 Å². The Hall–Kier alpha value is -2.64. The van der Waals surface area contributed by atoms with Crippen molar-refractivity contribution >= 4 is 23.5 Å². The first-order valence-electron chi connectivity index (χ1n) is 10.6. The van der Waals surface area contributed by atoms with E-state index < -0.39 is 107 Å². The number of carbonyl (C=O) groups excluding carboxylic acids is 4. The molecule has 0 aromatic carbocycles. The molecular weight excluding hydrogens is 496 g/mol. The molecule has 11 atom stereocenters. The van der Waals surface area contributed by atoms with E-state index in [0.29, 0.717) is 12.2 Å². The highest BCUT2D eigenvalue weighted by Gasteiger charge is 2.88. The van der Waals surface area contributed by atoms with Gasteiger partial charge in [-0.15, -0.1) is 0 Å². The summed E-state index contributed by atoms with van der Waals surface area (Å²) in [4.78, 5) is 52.0. The minimum Gasteiger partial charge on any atom is -0.459 e. The number of aliphatic hydroxyl groups excluding tert-OH is 3. The van der Waals surface area contributed by atoms with Crippen LogP contribution in [0.25, 0.3) is 0 Å². The highest BCUT2D eigenvalue weighted by Crippen LogP contribution is 2.66. The zero-order valence-electron chi connectivity index (χ0n) is 17.7. The minimum absolute atomic E-state index is 0.433. The number of hydrogen-bond acceptors (Lipinski definition) is 16. The number of ether oxygens (including phenoxy) is 5. The largest absolute Gasteiger partial charge is 0.459 e. The summed E-state index contributed by atoms with van der Waals surface area (Å²) in [7, 11) is 0. The van der Waals surface area contributed by atoms with Gasteiger partial charge in [0.05, 0.1) is 23.0 Å². The molecule has 2 aliphatic carbocycles. The fourth-order valence-corrected chi connectivity index (χ4v) is 5.63. The average Bonchev–Trinajstić information content (AvgIpc) is 3.05. The number of rotatable bonds is 0. The van der Waals surface area contributed by atoms with Crippen LogP contribution in [0.1, 0.15) is 0 Å². The van der Waals surface area contributed by atoms with E-state index in [1.807, 2.05) is 0 Å². The summed E-state index contributed by atoms with van der Waals surface area (Å²) in [6, 6.07) is 0. The summed E-state index contributed by atoms with van der Waals surface area (Å²) in [5.41, 5.74) is -1.56. The van der Waals surface area contributed by atoms with Crippen molar-refractivity contribution in [3.05, 3.63) is 23.3 Å². The van der Waals surface area contributed by atoms with Crippen LogP contribution in [0.3, 0.4) is 0 Å². The van der Waals surface area contributed by atoms with Crippen molar-refractivity contribution in [2.75, 3.05) is 6.61 Å². The van der Waals surface area contributed by atoms with Crippen molar-refractivity contribution in [3.8, 4) is 0 Å². The van der Waals surface area contributed by atoms with Gasteiger partial charge in [-0.1, -0.05) is 0 Å². The van der Waals surface area contributed by atoms with Gasteiger partial charge in [0.25, 0.3) is 11.6 Å². The Morgan fingerprint density at radius 3 is 1.83 bits per heavy atom. The lowest BCUT2D eigenvalue weighted by Crippen LogP contribution is -2.78. The lowest BCUT2D eigenvalue weighted by molar-refractivity contribution is -0.516. The van der Waals surface area contributed by atoms with Crippen LogP contribution in [0.4, 0.5) is 0 Å². The van der Waals surface area contributed by atoms with Gasteiger partial charge in [0.2, 0.25) is 23.1 Å². The topological polar surface area (TPSA) is 256 Å². The predicted molar refractivity (Wildman–Crippen MR) is 98.9 cm³/mol. The molecule has 4 saturated heterocycles. The minimum atomic E-state index is -3.53. The average molecular weight is 514 g/mol. The second kappa shape index (κ2) is 6.81. The van der Waals surface area contributed by atoms with E-state index in [4.69, 9.17) is 23.7 Å². The molecule has 0 spiro atoms. The monoisotopic (exact) mass is 514 g/mol. The van der Waals surface area contributed by atoms with Gasteiger partial charge in [-0.3, -0.25) is 14.3 Å². The van der Waals surface area contributed by atoms with Crippen LogP contribution in [0.5, 0.6) is 0 Å². The summed E-state index contributed by atoms with van der Waals surface area (Å²) in [6.45, 7) is -0.827. The summed E-state index contributed by atoms with van der Waals surface area (Å²) in [5, 5.41) is 74.6. The summed E-state index contributed by atoms with van der Waals surface area (Å²) in [6.07, 6.45) is -8.41. The highest BCUT2D eigenvalue weighted by atomic mass is 16.9. The number of hydrogen-bond donors (Lipinski definition) is 7. The fraction of sp³-hybridized carbons (Fsp3) is 0.600. The molecule has 0 saturated carbocycles. The molecule has 4 heterocycles. The van der Waals surface area contributed by atoms with E-state index in [2.05, 4.69) is 0 Å². The standard InChI is InChI=1S/C20H18O16/c21-7-1-4-9-10-5(2-8(22)18(29)20(10,31)36-19(9,30)17(7,28)35-18)15(26)34-13-6(3-32-14(4)25)33-16(27)12(24)11(13)23/h1-2,6,9-13,16,23-24,27-31H,3H2/t6-,9?,10?,11-,12-,13-,16?,17-,18+,19-,20+/m1/s1. The molecule has 6 aliphatic rings. The van der Waals surface area contributed by atoms with Gasteiger partial charge in [-0.2, -0.15) is 0 Å². The number of cyclic esters (lactones) is 1. The second-order valence-electron chi connectivity index (χ2n) is 9.28. The molecule has 6 rings (SSSR count). The SMILES string of the molecule is O=C1O[C@H]2[C@H](O)[C@@H](O)C(O)O[C@@H]2COC(=O)C2=CC(=O)[C@@]3(O)O[C@@]4(O)C(=O)C=C1C1C2[C@@]3(O)O[C@@]14O. The van der Waals surface area contributed by atoms with Crippen molar-refractivity contribution in [3.63, 3.8) is 0 Å². The van der Waals surface area contributed by atoms with Crippen molar-refractivity contribution in [2.45, 2.75) is 53.9 Å². The van der Waals surface area contributed by atoms with Crippen molar-refractivity contribution in [1.29, 1.82) is 0 Å². The quantitative estimate of drug-likeness (QED) is 0.148. The van der Waals surface area contributed by atoms with Crippen LogP contribution in [0, 0.1) is 11.8 Å². The van der Waals surface area contributed by atoms with Crippen LogP contribution < -0.4 is 0 Å². The Bertz CT molecular complexity index is 1190. The van der Waals surface area contributed by atoms with Crippen LogP contribution in [-0.4, -0.2) is 120 Å². The molecule has 16 heteroatoms. The Morgan fingerprint density at radius 2 is 1.28 bits per heavy atom. The van der Waals surface area contributed by atoms with Crippen molar-refractivity contribution in [2.24, 2.45) is 11.8 Å². The van der Waals surface area contributed by atoms with E-state index in [0.717, 1.165) is 0 Å². The molecule has 0 amide bonds. The molecule has 36 heavy (non-hydrogen) atoms. The molecule has 3 unspecified atom stereocenters. The van der Waals surface area contributed by atoms with E-state index >= 15 is 0 Å². The smallest absolute Gasteiger partial charge is 0.335 e. The lowest BCUT2D eigenvalue weighted by Gasteiger charge is -2.52. The van der Waals surface area contributed by atoms with E-state index in [1.54, 1.807) is 0 Å². The molecule has 16 nitrogen and oxygen atoms in total. The molecule has 0 aromatic rings. The normalized spacial score (nSPS) is 53.6. The van der Waals surface area contributed by atoms with Gasteiger partial charge < -0.3 is 54.7 Å². The second-order valence-corrected chi connectivity index (χ2v) is 9.28. The summed E-state index contributed by atoms with van der Waals surface area (Å²) in [5.74, 6) is -23.8. The number of carbonyl (C=O) groups is 4. The first kappa shape index (κ1) is 23.7. The molecular formula is C20H18O16. The van der Waals surface area contributed by atoms with Crippen LogP contribution >= 0.6 is 0 Å². The zero-order valence-corrected chi connectivity index (χ0v) is 17.7. The highest BCUT2D eigenvalue weighted by molar-refractivity contribution is 6.10. The molecule has 4 aliphatic heterocycles. The summed E-state index contributed by atoms with van der Waals surface area (Å²) < 4.78 is 25.4. The van der Waals surface area contributed by atoms with E-state index in [1.165, 1.54) is 0 Å². The molecule has 0 aromatic heterocycles. The Labute approximate surface area is 198 Å². The van der Waals surface area contributed by atoms with Crippen molar-refractivity contribution < 1.29 is 78.6 Å². The number of esters is 2. The molecule has 4 fully saturated rings. The summed E-state index contributed by atoms with van der Waals surface area (Å²) >= 11 is 0. The van der Waals surface area contributed by atoms with Gasteiger partial charge in [0, 0.05) is 0 Å². The Balaban J connectivity index is 1.58. The first-order valence-corrected chi connectivity index (χ1v) is 10.6. The zero-order chi connectivity index (χ0) is 26.2. The maximum atomic E-state index is 13.2. The molecule has 0 radical (unpaired) electrons. The van der Waals surface area contributed by atoms with Crippen LogP contribution in [0.15, 0.2) is 23.3 Å². The third kappa shape index (κ3) is 2.46. The predicted octanol–water partition coefficient (Wildman–Crippen LogP) is -6.04. The fourth-order valence-electron chi connectivity index (χ4n) is 5.63. The van der Waals surface area contributed by atoms with Gasteiger partial charge in [-0.05, 0) is 12.2 Å². The third-order valence-corrected chi connectivity index (χ3v) is 7.42. The Kier molecular flexibility index (Phi) is 4.49. The maximum Gasteiger partial charge on any atom is 0.335 e. The molecule has 2 bridgehead atoms. The number of aliphatic hydroxyl groups is 7. The maximum absolute atomic E-state index is 13.2. The van der Waals surface area contributed by atoms with Crippen LogP contribution in [-0.2, 0) is 42.9 Å². The van der Waals surface area contributed by atoms with E-state index in [-0.39, 0.29) is 0 Å². The Morgan fingerprint density at radius 1 is 0.750 bits per heavy atom. The van der Waals surface area contributed by atoms with Gasteiger partial charge >= 0.3 is 11.9 Å². The van der Waals surface area contributed by atoms with Gasteiger partial charge in [0.15, 0.2) is 12.4 Å². The lowest BCUT2D eigenvalue weighted by atomic mass is 9.67. The molecule has 194 valence electrons. The van der Waals surface area contributed by atoms with Gasteiger partial charge in [-0.25, -0.2) is 9.59 Å². The number of ketones is 2. The van der Waals surface area contributed by atoms with E-state index in [9.17, 15) is 54.9 Å². The number of fused-ring (bicyclic) bond motifs is 1. The third-order valence-electron chi connectivity index (χ3n) is 7.42. The van der Waals surface area contributed by atoms with Crippen molar-refractivity contribution in [1.82, 2.24) is 0 Å².